The van der Waals surface area contributed by atoms with Crippen LogP contribution < -0.4 is 5.32 Å². The molecule has 5 nitrogen and oxygen atoms in total. The average molecular weight is 422 g/mol. The Morgan fingerprint density at radius 1 is 1.00 bits per heavy atom. The van der Waals surface area contributed by atoms with Gasteiger partial charge in [-0.1, -0.05) is 73.3 Å². The van der Waals surface area contributed by atoms with Crippen molar-refractivity contribution in [2.75, 3.05) is 0 Å². The van der Waals surface area contributed by atoms with E-state index in [0.29, 0.717) is 13.2 Å². The minimum atomic E-state index is -1.06. The fourth-order valence-electron chi connectivity index (χ4n) is 4.29. The lowest BCUT2D eigenvalue weighted by Crippen LogP contribution is -2.47. The SMILES string of the molecule is C=C[C@H](NCc1ccccc1)[C@@H]1O[C@@]2(C=C)OC(C)(C)O[C@H]2[C@@H]1OCc1ccccc1. The third kappa shape index (κ3) is 4.66. The number of hydrogen-bond acceptors (Lipinski definition) is 5. The van der Waals surface area contributed by atoms with Crippen LogP contribution in [0.5, 0.6) is 0 Å². The third-order valence-corrected chi connectivity index (χ3v) is 5.72. The summed E-state index contributed by atoms with van der Waals surface area (Å²) in [5, 5.41) is 3.54. The number of benzene rings is 2. The van der Waals surface area contributed by atoms with E-state index in [-0.39, 0.29) is 18.2 Å². The lowest BCUT2D eigenvalue weighted by Gasteiger charge is -2.31. The Labute approximate surface area is 184 Å². The highest BCUT2D eigenvalue weighted by Crippen LogP contribution is 2.48. The molecule has 0 radical (unpaired) electrons. The Kier molecular flexibility index (Phi) is 6.42. The van der Waals surface area contributed by atoms with Gasteiger partial charge in [0, 0.05) is 6.54 Å². The van der Waals surface area contributed by atoms with Gasteiger partial charge in [0.15, 0.2) is 5.79 Å². The Bertz CT molecular complexity index is 885. The zero-order valence-corrected chi connectivity index (χ0v) is 18.2. The number of ether oxygens (including phenoxy) is 4. The van der Waals surface area contributed by atoms with Crippen molar-refractivity contribution >= 4 is 0 Å². The maximum Gasteiger partial charge on any atom is 0.220 e. The van der Waals surface area contributed by atoms with E-state index >= 15 is 0 Å². The van der Waals surface area contributed by atoms with Crippen LogP contribution in [0, 0.1) is 0 Å². The molecular weight excluding hydrogens is 390 g/mol. The Morgan fingerprint density at radius 3 is 2.26 bits per heavy atom. The van der Waals surface area contributed by atoms with Crippen LogP contribution in [0.4, 0.5) is 0 Å². The summed E-state index contributed by atoms with van der Waals surface area (Å²) in [7, 11) is 0. The van der Waals surface area contributed by atoms with Crippen LogP contribution >= 0.6 is 0 Å². The third-order valence-electron chi connectivity index (χ3n) is 5.72. The number of rotatable bonds is 9. The number of nitrogens with one attached hydrogen (secondary N) is 1. The largest absolute Gasteiger partial charge is 0.368 e. The highest BCUT2D eigenvalue weighted by atomic mass is 16.9. The van der Waals surface area contributed by atoms with Crippen LogP contribution in [-0.4, -0.2) is 35.9 Å². The molecular formula is C26H31NO4. The van der Waals surface area contributed by atoms with Crippen molar-refractivity contribution in [2.24, 2.45) is 0 Å². The van der Waals surface area contributed by atoms with Crippen molar-refractivity contribution < 1.29 is 18.9 Å². The molecule has 2 saturated heterocycles. The summed E-state index contributed by atoms with van der Waals surface area (Å²) in [6.45, 7) is 12.9. The van der Waals surface area contributed by atoms with Crippen LogP contribution in [0.15, 0.2) is 86.0 Å². The molecule has 0 spiro atoms. The van der Waals surface area contributed by atoms with Gasteiger partial charge in [0.2, 0.25) is 5.79 Å². The van der Waals surface area contributed by atoms with Gasteiger partial charge < -0.3 is 24.3 Å². The summed E-state index contributed by atoms with van der Waals surface area (Å²) in [6, 6.07) is 20.1. The first-order valence-corrected chi connectivity index (χ1v) is 10.7. The van der Waals surface area contributed by atoms with Gasteiger partial charge in [-0.15, -0.1) is 6.58 Å². The van der Waals surface area contributed by atoms with E-state index in [1.54, 1.807) is 6.08 Å². The number of fused-ring (bicyclic) bond motifs is 1. The quantitative estimate of drug-likeness (QED) is 0.610. The Morgan fingerprint density at radius 2 is 1.65 bits per heavy atom. The summed E-state index contributed by atoms with van der Waals surface area (Å²) in [6.07, 6.45) is 2.38. The van der Waals surface area contributed by atoms with E-state index in [4.69, 9.17) is 18.9 Å². The molecule has 2 aliphatic heterocycles. The molecule has 0 aromatic heterocycles. The maximum absolute atomic E-state index is 6.48. The molecule has 2 fully saturated rings. The molecule has 5 heteroatoms. The molecule has 4 rings (SSSR count). The monoisotopic (exact) mass is 421 g/mol. The first-order chi connectivity index (χ1) is 15.0. The van der Waals surface area contributed by atoms with Gasteiger partial charge in [-0.25, -0.2) is 0 Å². The van der Waals surface area contributed by atoms with Gasteiger partial charge in [0.25, 0.3) is 0 Å². The van der Waals surface area contributed by atoms with Crippen LogP contribution in [0.2, 0.25) is 0 Å². The highest BCUT2D eigenvalue weighted by Gasteiger charge is 2.65. The molecule has 1 N–H and O–H groups in total. The van der Waals surface area contributed by atoms with Gasteiger partial charge in [-0.3, -0.25) is 0 Å². The van der Waals surface area contributed by atoms with Gasteiger partial charge in [-0.05, 0) is 31.1 Å². The summed E-state index contributed by atoms with van der Waals surface area (Å²) < 4.78 is 25.3. The molecule has 2 aromatic carbocycles. The lowest BCUT2D eigenvalue weighted by atomic mass is 9.99. The zero-order chi connectivity index (χ0) is 21.9. The second-order valence-corrected chi connectivity index (χ2v) is 8.44. The topological polar surface area (TPSA) is 49.0 Å². The van der Waals surface area contributed by atoms with E-state index in [9.17, 15) is 0 Å². The maximum atomic E-state index is 6.48. The predicted molar refractivity (Wildman–Crippen MR) is 120 cm³/mol. The van der Waals surface area contributed by atoms with Crippen LogP contribution in [0.3, 0.4) is 0 Å². The summed E-state index contributed by atoms with van der Waals surface area (Å²) in [4.78, 5) is 0. The molecule has 0 saturated carbocycles. The van der Waals surface area contributed by atoms with Gasteiger partial charge >= 0.3 is 0 Å². The predicted octanol–water partition coefficient (Wildman–Crippen LogP) is 4.35. The molecule has 2 heterocycles. The van der Waals surface area contributed by atoms with E-state index < -0.39 is 17.7 Å². The summed E-state index contributed by atoms with van der Waals surface area (Å²) in [5.41, 5.74) is 2.27. The second kappa shape index (κ2) is 9.07. The minimum absolute atomic E-state index is 0.168. The second-order valence-electron chi connectivity index (χ2n) is 8.44. The minimum Gasteiger partial charge on any atom is -0.368 e. The average Bonchev–Trinajstić information content (AvgIpc) is 3.21. The first kappa shape index (κ1) is 21.9. The smallest absolute Gasteiger partial charge is 0.220 e. The van der Waals surface area contributed by atoms with Gasteiger partial charge in [-0.2, -0.15) is 0 Å². The van der Waals surface area contributed by atoms with E-state index in [1.807, 2.05) is 68.5 Å². The molecule has 0 amide bonds. The first-order valence-electron chi connectivity index (χ1n) is 10.7. The fraction of sp³-hybridized carbons (Fsp3) is 0.385. The molecule has 164 valence electrons. The van der Waals surface area contributed by atoms with E-state index in [0.717, 1.165) is 5.56 Å². The van der Waals surface area contributed by atoms with Crippen molar-refractivity contribution in [1.82, 2.24) is 5.32 Å². The lowest BCUT2D eigenvalue weighted by molar-refractivity contribution is -0.247. The van der Waals surface area contributed by atoms with Gasteiger partial charge in [0.05, 0.1) is 12.6 Å². The summed E-state index contributed by atoms with van der Waals surface area (Å²) in [5.74, 6) is -1.86. The molecule has 31 heavy (non-hydrogen) atoms. The molecule has 2 aliphatic rings. The molecule has 2 aromatic rings. The highest BCUT2D eigenvalue weighted by molar-refractivity contribution is 5.18. The van der Waals surface area contributed by atoms with Crippen molar-refractivity contribution in [1.29, 1.82) is 0 Å². The molecule has 5 atom stereocenters. The summed E-state index contributed by atoms with van der Waals surface area (Å²) >= 11 is 0. The van der Waals surface area contributed by atoms with Crippen molar-refractivity contribution in [3.8, 4) is 0 Å². The van der Waals surface area contributed by atoms with Crippen molar-refractivity contribution in [3.63, 3.8) is 0 Å². The van der Waals surface area contributed by atoms with Crippen LogP contribution in [0.25, 0.3) is 0 Å². The molecule has 0 bridgehead atoms. The molecule has 0 aliphatic carbocycles. The zero-order valence-electron chi connectivity index (χ0n) is 18.2. The number of hydrogen-bond donors (Lipinski definition) is 1. The Hall–Kier alpha value is -2.28. The normalized spacial score (nSPS) is 29.9. The van der Waals surface area contributed by atoms with Crippen molar-refractivity contribution in [2.45, 2.75) is 62.9 Å². The fourth-order valence-corrected chi connectivity index (χ4v) is 4.29. The molecule has 0 unspecified atom stereocenters. The standard InChI is InChI=1S/C26H31NO4/c1-5-21(27-17-19-13-9-7-10-14-19)22-23(28-18-20-15-11-8-12-16-20)24-26(6-2,29-22)31-25(3,4)30-24/h5-16,21-24,27H,1-2,17-18H2,3-4H3/t21-,22-,23+,24-,26-/m0/s1. The van der Waals surface area contributed by atoms with E-state index in [1.165, 1.54) is 5.56 Å². The van der Waals surface area contributed by atoms with Gasteiger partial charge in [0.1, 0.15) is 18.3 Å². The van der Waals surface area contributed by atoms with Crippen molar-refractivity contribution in [3.05, 3.63) is 97.1 Å². The van der Waals surface area contributed by atoms with E-state index in [2.05, 4.69) is 30.6 Å². The van der Waals surface area contributed by atoms with Crippen LogP contribution in [0.1, 0.15) is 25.0 Å². The van der Waals surface area contributed by atoms with Crippen LogP contribution in [-0.2, 0) is 32.1 Å². The Balaban J connectivity index is 1.56.